The molecule has 7 heteroatoms. The van der Waals surface area contributed by atoms with Crippen molar-refractivity contribution in [3.63, 3.8) is 0 Å². The van der Waals surface area contributed by atoms with Gasteiger partial charge in [-0.3, -0.25) is 9.69 Å². The summed E-state index contributed by atoms with van der Waals surface area (Å²) < 4.78 is 1.19. The second-order valence-electron chi connectivity index (χ2n) is 8.82. The van der Waals surface area contributed by atoms with E-state index in [1.54, 1.807) is 34.4 Å². The van der Waals surface area contributed by atoms with Crippen molar-refractivity contribution in [2.45, 2.75) is 50.6 Å². The highest BCUT2D eigenvalue weighted by molar-refractivity contribution is 7.99. The van der Waals surface area contributed by atoms with E-state index in [-0.39, 0.29) is 5.91 Å². The van der Waals surface area contributed by atoms with E-state index >= 15 is 0 Å². The van der Waals surface area contributed by atoms with Crippen molar-refractivity contribution in [2.75, 3.05) is 17.6 Å². The van der Waals surface area contributed by atoms with E-state index in [0.717, 1.165) is 52.8 Å². The zero-order valence-electron chi connectivity index (χ0n) is 19.5. The normalized spacial score (nSPS) is 14.0. The fourth-order valence-electron chi connectivity index (χ4n) is 4.29. The summed E-state index contributed by atoms with van der Waals surface area (Å²) in [5.74, 6) is 1.03. The van der Waals surface area contributed by atoms with Crippen LogP contribution in [0.25, 0.3) is 20.8 Å². The summed E-state index contributed by atoms with van der Waals surface area (Å²) in [7, 11) is 0. The number of nitrogens with one attached hydrogen (secondary N) is 1. The number of nitrogens with zero attached hydrogens (tertiary/aromatic N) is 2. The van der Waals surface area contributed by atoms with Gasteiger partial charge in [0, 0.05) is 40.9 Å². The number of thiophene rings is 1. The highest BCUT2D eigenvalue weighted by Crippen LogP contribution is 2.46. The molecule has 0 aliphatic carbocycles. The molecule has 2 aromatic heterocycles. The molecular formula is C27H29N3OS3. The molecule has 1 aliphatic rings. The van der Waals surface area contributed by atoms with Crippen LogP contribution in [0.15, 0.2) is 59.5 Å². The van der Waals surface area contributed by atoms with Gasteiger partial charge in [0.05, 0.1) is 10.2 Å². The van der Waals surface area contributed by atoms with Crippen molar-refractivity contribution in [3.05, 3.63) is 65.0 Å². The summed E-state index contributed by atoms with van der Waals surface area (Å²) in [5, 5.41) is 5.26. The summed E-state index contributed by atoms with van der Waals surface area (Å²) in [6, 6.07) is 19.2. The summed E-state index contributed by atoms with van der Waals surface area (Å²) in [6.07, 6.45) is 2.38. The number of rotatable bonds is 8. The number of hydrogen-bond acceptors (Lipinski definition) is 6. The molecule has 4 aromatic rings. The van der Waals surface area contributed by atoms with E-state index in [1.165, 1.54) is 20.0 Å². The van der Waals surface area contributed by atoms with Gasteiger partial charge < -0.3 is 5.32 Å². The maximum absolute atomic E-state index is 12.9. The van der Waals surface area contributed by atoms with E-state index in [4.69, 9.17) is 4.98 Å². The Morgan fingerprint density at radius 1 is 1.12 bits per heavy atom. The Morgan fingerprint density at radius 3 is 2.71 bits per heavy atom. The first-order chi connectivity index (χ1) is 16.6. The van der Waals surface area contributed by atoms with Gasteiger partial charge in [-0.05, 0) is 62.3 Å². The van der Waals surface area contributed by atoms with Crippen molar-refractivity contribution in [1.29, 1.82) is 0 Å². The van der Waals surface area contributed by atoms with Gasteiger partial charge in [0.2, 0.25) is 5.91 Å². The Bertz CT molecular complexity index is 1250. The first-order valence-corrected chi connectivity index (χ1v) is 14.4. The number of aromatic nitrogens is 1. The van der Waals surface area contributed by atoms with Crippen LogP contribution in [0.3, 0.4) is 0 Å². The molecule has 0 atom stereocenters. The second-order valence-corrected chi connectivity index (χ2v) is 12.1. The third-order valence-electron chi connectivity index (χ3n) is 6.14. The Hall–Kier alpha value is -2.19. The number of amides is 1. The van der Waals surface area contributed by atoms with Gasteiger partial charge in [0.1, 0.15) is 10.0 Å². The standard InChI is InChI=1S/C27H29N3OS3/c1-18(2)30-15-14-20-23(17-30)34-27(25(20)26-28-21-11-6-7-12-22(21)33-26)29-24(31)13-8-16-32-19-9-4-3-5-10-19/h3-7,9-12,18H,8,13-17H2,1-2H3,(H,29,31). The number of hydrogen-bond donors (Lipinski definition) is 1. The smallest absolute Gasteiger partial charge is 0.225 e. The maximum atomic E-state index is 12.9. The number of fused-ring (bicyclic) bond motifs is 2. The van der Waals surface area contributed by atoms with Crippen LogP contribution in [0.1, 0.15) is 37.1 Å². The molecule has 1 aliphatic heterocycles. The van der Waals surface area contributed by atoms with E-state index in [1.807, 2.05) is 12.1 Å². The van der Waals surface area contributed by atoms with Crippen LogP contribution < -0.4 is 5.32 Å². The number of thiazole rings is 1. The van der Waals surface area contributed by atoms with Gasteiger partial charge in [-0.1, -0.05) is 30.3 Å². The van der Waals surface area contributed by atoms with Gasteiger partial charge in [0.25, 0.3) is 0 Å². The van der Waals surface area contributed by atoms with Gasteiger partial charge >= 0.3 is 0 Å². The van der Waals surface area contributed by atoms with Crippen molar-refractivity contribution in [3.8, 4) is 10.6 Å². The topological polar surface area (TPSA) is 45.2 Å². The molecule has 34 heavy (non-hydrogen) atoms. The van der Waals surface area contributed by atoms with Crippen molar-refractivity contribution in [2.24, 2.45) is 0 Å². The average molecular weight is 508 g/mol. The van der Waals surface area contributed by atoms with Crippen LogP contribution in [0, 0.1) is 0 Å². The van der Waals surface area contributed by atoms with Crippen molar-refractivity contribution >= 4 is 55.6 Å². The number of anilines is 1. The molecule has 2 aromatic carbocycles. The lowest BCUT2D eigenvalue weighted by atomic mass is 10.0. The zero-order valence-corrected chi connectivity index (χ0v) is 22.0. The molecule has 5 rings (SSSR count). The molecule has 0 spiro atoms. The van der Waals surface area contributed by atoms with Crippen LogP contribution in [-0.4, -0.2) is 34.1 Å². The lowest BCUT2D eigenvalue weighted by Crippen LogP contribution is -2.35. The van der Waals surface area contributed by atoms with E-state index in [9.17, 15) is 4.79 Å². The van der Waals surface area contributed by atoms with Crippen molar-refractivity contribution in [1.82, 2.24) is 9.88 Å². The second kappa shape index (κ2) is 10.6. The highest BCUT2D eigenvalue weighted by atomic mass is 32.2. The zero-order chi connectivity index (χ0) is 23.5. The third kappa shape index (κ3) is 5.23. The molecule has 0 fully saturated rings. The fraction of sp³-hybridized carbons (Fsp3) is 0.333. The fourth-order valence-corrected chi connectivity index (χ4v) is 7.56. The minimum absolute atomic E-state index is 0.0929. The largest absolute Gasteiger partial charge is 0.317 e. The molecule has 176 valence electrons. The predicted octanol–water partition coefficient (Wildman–Crippen LogP) is 7.30. The van der Waals surface area contributed by atoms with Crippen LogP contribution in [0.4, 0.5) is 5.00 Å². The van der Waals surface area contributed by atoms with E-state index in [2.05, 4.69) is 66.5 Å². The summed E-state index contributed by atoms with van der Waals surface area (Å²) >= 11 is 5.27. The summed E-state index contributed by atoms with van der Waals surface area (Å²) in [5.41, 5.74) is 3.55. The molecule has 0 bridgehead atoms. The number of carbonyl (C=O) groups excluding carboxylic acids is 1. The Labute approximate surface area is 213 Å². The first kappa shape index (κ1) is 23.5. The van der Waals surface area contributed by atoms with E-state index < -0.39 is 0 Å². The summed E-state index contributed by atoms with van der Waals surface area (Å²) in [4.78, 5) is 23.0. The monoisotopic (exact) mass is 507 g/mol. The van der Waals surface area contributed by atoms with E-state index in [0.29, 0.717) is 12.5 Å². The summed E-state index contributed by atoms with van der Waals surface area (Å²) in [6.45, 7) is 6.49. The van der Waals surface area contributed by atoms with Crippen LogP contribution in [-0.2, 0) is 17.8 Å². The molecule has 3 heterocycles. The number of benzene rings is 2. The Morgan fingerprint density at radius 2 is 1.91 bits per heavy atom. The average Bonchev–Trinajstić information content (AvgIpc) is 3.42. The number of carbonyl (C=O) groups is 1. The molecular weight excluding hydrogens is 479 g/mol. The van der Waals surface area contributed by atoms with Crippen LogP contribution >= 0.6 is 34.4 Å². The van der Waals surface area contributed by atoms with Gasteiger partial charge in [0.15, 0.2) is 0 Å². The minimum atomic E-state index is 0.0929. The molecule has 0 saturated heterocycles. The Balaban J connectivity index is 1.35. The molecule has 0 unspecified atom stereocenters. The third-order valence-corrected chi connectivity index (χ3v) is 9.42. The molecule has 0 radical (unpaired) electrons. The maximum Gasteiger partial charge on any atom is 0.225 e. The van der Waals surface area contributed by atoms with Crippen molar-refractivity contribution < 1.29 is 4.79 Å². The lowest BCUT2D eigenvalue weighted by molar-refractivity contribution is -0.116. The highest BCUT2D eigenvalue weighted by Gasteiger charge is 2.28. The van der Waals surface area contributed by atoms with Crippen LogP contribution in [0.5, 0.6) is 0 Å². The van der Waals surface area contributed by atoms with Crippen LogP contribution in [0.2, 0.25) is 0 Å². The number of thioether (sulfide) groups is 1. The van der Waals surface area contributed by atoms with Gasteiger partial charge in [-0.2, -0.15) is 0 Å². The minimum Gasteiger partial charge on any atom is -0.317 e. The molecule has 0 saturated carbocycles. The molecule has 4 nitrogen and oxygen atoms in total. The predicted molar refractivity (Wildman–Crippen MR) is 147 cm³/mol. The quantitative estimate of drug-likeness (QED) is 0.201. The molecule has 1 N–H and O–H groups in total. The lowest BCUT2D eigenvalue weighted by Gasteiger charge is -2.30. The SMILES string of the molecule is CC(C)N1CCc2c(sc(NC(=O)CCCSc3ccccc3)c2-c2nc3ccccc3s2)C1. The van der Waals surface area contributed by atoms with Gasteiger partial charge in [-0.25, -0.2) is 4.98 Å². The number of para-hydroxylation sites is 1. The first-order valence-electron chi connectivity index (χ1n) is 11.8. The van der Waals surface area contributed by atoms with Gasteiger partial charge in [-0.15, -0.1) is 34.4 Å². The Kier molecular flexibility index (Phi) is 7.34. The molecule has 1 amide bonds.